The largest absolute Gasteiger partial charge is 0.383 e. The Labute approximate surface area is 166 Å². The van der Waals surface area contributed by atoms with E-state index in [9.17, 15) is 0 Å². The highest BCUT2D eigenvalue weighted by atomic mass is 32.2. The summed E-state index contributed by atoms with van der Waals surface area (Å²) in [7, 11) is 0. The number of hydrogen-bond donors (Lipinski definition) is 1. The van der Waals surface area contributed by atoms with E-state index in [1.54, 1.807) is 23.1 Å². The normalized spacial score (nSPS) is 16.6. The molecule has 0 bridgehead atoms. The number of aryl methyl sites for hydroxylation is 2. The Hall–Kier alpha value is -1.93. The lowest BCUT2D eigenvalue weighted by Crippen LogP contribution is -2.04. The molecule has 5 rings (SSSR count). The van der Waals surface area contributed by atoms with Gasteiger partial charge in [-0.1, -0.05) is 17.8 Å². The van der Waals surface area contributed by atoms with Crippen molar-refractivity contribution in [2.24, 2.45) is 0 Å². The van der Waals surface area contributed by atoms with Crippen molar-refractivity contribution in [2.75, 3.05) is 5.73 Å². The van der Waals surface area contributed by atoms with Crippen LogP contribution in [0.4, 0.5) is 5.82 Å². The van der Waals surface area contributed by atoms with E-state index in [-0.39, 0.29) is 0 Å². The van der Waals surface area contributed by atoms with Gasteiger partial charge < -0.3 is 10.3 Å². The summed E-state index contributed by atoms with van der Waals surface area (Å²) in [6.07, 6.45) is 9.06. The third-order valence-corrected chi connectivity index (χ3v) is 7.37. The molecule has 140 valence electrons. The minimum Gasteiger partial charge on any atom is -0.383 e. The molecule has 27 heavy (non-hydrogen) atoms. The average molecular weight is 399 g/mol. The maximum Gasteiger partial charge on any atom is 0.191 e. The van der Waals surface area contributed by atoms with Gasteiger partial charge >= 0.3 is 0 Å². The molecule has 2 N–H and O–H groups in total. The summed E-state index contributed by atoms with van der Waals surface area (Å²) in [5, 5.41) is 10.8. The van der Waals surface area contributed by atoms with E-state index < -0.39 is 0 Å². The van der Waals surface area contributed by atoms with Gasteiger partial charge in [-0.05, 0) is 44.1 Å². The molecule has 0 saturated heterocycles. The molecule has 2 aliphatic rings. The Morgan fingerprint density at radius 1 is 1.22 bits per heavy atom. The van der Waals surface area contributed by atoms with Crippen LogP contribution >= 0.6 is 23.1 Å². The third-order valence-electron chi connectivity index (χ3n) is 5.22. The molecule has 1 saturated carbocycles. The molecule has 3 aromatic heterocycles. The van der Waals surface area contributed by atoms with Gasteiger partial charge in [0.1, 0.15) is 22.3 Å². The molecule has 3 heterocycles. The van der Waals surface area contributed by atoms with Crippen LogP contribution < -0.4 is 5.73 Å². The number of thioether (sulfide) groups is 1. The summed E-state index contributed by atoms with van der Waals surface area (Å²) in [4.78, 5) is 11.9. The topological polar surface area (TPSA) is 82.5 Å². The van der Waals surface area contributed by atoms with Crippen LogP contribution in [0.3, 0.4) is 0 Å². The first-order valence-corrected chi connectivity index (χ1v) is 11.3. The summed E-state index contributed by atoms with van der Waals surface area (Å²) in [6.45, 7) is 4.60. The Balaban J connectivity index is 1.41. The number of nitrogens with zero attached hydrogens (tertiary/aromatic N) is 5. The molecular formula is C19H22N6S2. The average Bonchev–Trinajstić information content (AvgIpc) is 3.32. The molecule has 1 fully saturated rings. The number of anilines is 1. The molecule has 8 heteroatoms. The lowest BCUT2D eigenvalue weighted by Gasteiger charge is -2.10. The highest BCUT2D eigenvalue weighted by molar-refractivity contribution is 7.98. The highest BCUT2D eigenvalue weighted by Gasteiger charge is 2.30. The highest BCUT2D eigenvalue weighted by Crippen LogP contribution is 2.41. The smallest absolute Gasteiger partial charge is 0.191 e. The molecule has 0 unspecified atom stereocenters. The molecule has 0 radical (unpaired) electrons. The number of aromatic nitrogens is 5. The maximum absolute atomic E-state index is 6.32. The number of rotatable bonds is 6. The number of nitrogen functional groups attached to an aromatic ring is 1. The van der Waals surface area contributed by atoms with E-state index in [2.05, 4.69) is 26.3 Å². The summed E-state index contributed by atoms with van der Waals surface area (Å²) >= 11 is 3.41. The molecule has 0 spiro atoms. The summed E-state index contributed by atoms with van der Waals surface area (Å²) < 4.78 is 2.17. The molecule has 0 aromatic carbocycles. The number of nitrogens with two attached hydrogens (primary N) is 1. The first kappa shape index (κ1) is 17.2. The van der Waals surface area contributed by atoms with Gasteiger partial charge in [-0.2, -0.15) is 0 Å². The second-order valence-corrected chi connectivity index (χ2v) is 9.25. The Kier molecular flexibility index (Phi) is 4.40. The fourth-order valence-corrected chi connectivity index (χ4v) is 5.87. The van der Waals surface area contributed by atoms with Crippen LogP contribution in [0.15, 0.2) is 17.8 Å². The van der Waals surface area contributed by atoms with E-state index in [0.29, 0.717) is 17.5 Å². The van der Waals surface area contributed by atoms with Gasteiger partial charge in [-0.25, -0.2) is 9.97 Å². The lowest BCUT2D eigenvalue weighted by atomic mass is 9.97. The quantitative estimate of drug-likeness (QED) is 0.497. The monoisotopic (exact) mass is 398 g/mol. The zero-order chi connectivity index (χ0) is 18.4. The number of hydrogen-bond acceptors (Lipinski definition) is 7. The van der Waals surface area contributed by atoms with Crippen molar-refractivity contribution in [3.8, 4) is 0 Å². The summed E-state index contributed by atoms with van der Waals surface area (Å²) in [6, 6.07) is 0. The Morgan fingerprint density at radius 3 is 2.89 bits per heavy atom. The second-order valence-electron chi connectivity index (χ2n) is 7.22. The van der Waals surface area contributed by atoms with E-state index in [4.69, 9.17) is 10.7 Å². The lowest BCUT2D eigenvalue weighted by molar-refractivity contribution is 0.681. The number of thiophene rings is 1. The molecule has 0 aliphatic heterocycles. The van der Waals surface area contributed by atoms with E-state index in [0.717, 1.165) is 46.4 Å². The van der Waals surface area contributed by atoms with Gasteiger partial charge in [-0.15, -0.1) is 28.1 Å². The molecule has 0 amide bonds. The van der Waals surface area contributed by atoms with Crippen molar-refractivity contribution in [3.63, 3.8) is 0 Å². The predicted octanol–water partition coefficient (Wildman–Crippen LogP) is 4.10. The van der Waals surface area contributed by atoms with Gasteiger partial charge in [0.25, 0.3) is 0 Å². The van der Waals surface area contributed by atoms with Crippen LogP contribution in [0.25, 0.3) is 10.2 Å². The fraction of sp³-hybridized carbons (Fsp3) is 0.474. The van der Waals surface area contributed by atoms with Crippen molar-refractivity contribution < 1.29 is 0 Å². The predicted molar refractivity (Wildman–Crippen MR) is 110 cm³/mol. The van der Waals surface area contributed by atoms with Crippen LogP contribution in [0.5, 0.6) is 0 Å². The van der Waals surface area contributed by atoms with Crippen molar-refractivity contribution in [3.05, 3.63) is 34.7 Å². The first-order chi connectivity index (χ1) is 13.2. The van der Waals surface area contributed by atoms with Crippen LogP contribution in [0.1, 0.15) is 53.7 Å². The minimum absolute atomic E-state index is 0.562. The fourth-order valence-electron chi connectivity index (χ4n) is 3.78. The van der Waals surface area contributed by atoms with Crippen LogP contribution in [0, 0.1) is 0 Å². The molecule has 6 nitrogen and oxygen atoms in total. The van der Waals surface area contributed by atoms with Gasteiger partial charge in [0.15, 0.2) is 5.16 Å². The molecular weight excluding hydrogens is 376 g/mol. The maximum atomic E-state index is 6.32. The van der Waals surface area contributed by atoms with Gasteiger partial charge in [0.05, 0.1) is 11.1 Å². The van der Waals surface area contributed by atoms with E-state index in [1.165, 1.54) is 36.1 Å². The SMILES string of the molecule is C=CCn1c(SCc2nc(N)c3c4c(sc3n2)CCCC4)nnc1C1CC1. The zero-order valence-electron chi connectivity index (χ0n) is 15.1. The zero-order valence-corrected chi connectivity index (χ0v) is 16.8. The number of allylic oxidation sites excluding steroid dienone is 1. The standard InChI is InChI=1S/C19H22N6S2/c1-2-9-25-17(11-7-8-11)23-24-19(25)26-10-14-21-16(20)15-12-5-3-4-6-13(12)27-18(15)22-14/h2,11H,1,3-10H2,(H2,20,21,22). The van der Waals surface area contributed by atoms with Gasteiger partial charge in [0, 0.05) is 17.3 Å². The third kappa shape index (κ3) is 3.14. The van der Waals surface area contributed by atoms with Crippen LogP contribution in [-0.4, -0.2) is 24.7 Å². The molecule has 3 aromatic rings. The van der Waals surface area contributed by atoms with Gasteiger partial charge in [-0.3, -0.25) is 0 Å². The van der Waals surface area contributed by atoms with E-state index >= 15 is 0 Å². The Morgan fingerprint density at radius 2 is 2.07 bits per heavy atom. The second kappa shape index (κ2) is 6.91. The molecule has 0 atom stereocenters. The van der Waals surface area contributed by atoms with Crippen LogP contribution in [-0.2, 0) is 25.1 Å². The molecule has 2 aliphatic carbocycles. The van der Waals surface area contributed by atoms with Crippen molar-refractivity contribution in [1.29, 1.82) is 0 Å². The Bertz CT molecular complexity index is 1020. The summed E-state index contributed by atoms with van der Waals surface area (Å²) in [5.74, 6) is 3.68. The van der Waals surface area contributed by atoms with Gasteiger partial charge in [0.2, 0.25) is 0 Å². The first-order valence-electron chi connectivity index (χ1n) is 9.48. The van der Waals surface area contributed by atoms with Crippen molar-refractivity contribution in [2.45, 2.75) is 61.9 Å². The van der Waals surface area contributed by atoms with Crippen molar-refractivity contribution >= 4 is 39.1 Å². The van der Waals surface area contributed by atoms with E-state index in [1.807, 2.05) is 6.08 Å². The number of fused-ring (bicyclic) bond motifs is 3. The summed E-state index contributed by atoms with van der Waals surface area (Å²) in [5.41, 5.74) is 7.71. The van der Waals surface area contributed by atoms with Crippen LogP contribution in [0.2, 0.25) is 0 Å². The van der Waals surface area contributed by atoms with Crippen molar-refractivity contribution in [1.82, 2.24) is 24.7 Å². The minimum atomic E-state index is 0.562.